The Hall–Kier alpha value is -2.14. The van der Waals surface area contributed by atoms with Crippen LogP contribution in [0.3, 0.4) is 0 Å². The van der Waals surface area contributed by atoms with Gasteiger partial charge in [0, 0.05) is 49.1 Å². The Kier molecular flexibility index (Phi) is 10.6. The van der Waals surface area contributed by atoms with Crippen molar-refractivity contribution in [3.05, 3.63) is 0 Å². The summed E-state index contributed by atoms with van der Waals surface area (Å²) in [5.41, 5.74) is -1.82. The van der Waals surface area contributed by atoms with E-state index in [0.717, 1.165) is 70.6 Å². The lowest BCUT2D eigenvalue weighted by molar-refractivity contribution is -0.146. The van der Waals surface area contributed by atoms with Crippen molar-refractivity contribution in [2.45, 2.75) is 147 Å². The Morgan fingerprint density at radius 1 is 0.896 bits per heavy atom. The van der Waals surface area contributed by atoms with Gasteiger partial charge in [-0.15, -0.1) is 0 Å². The van der Waals surface area contributed by atoms with Gasteiger partial charge < -0.3 is 15.0 Å². The summed E-state index contributed by atoms with van der Waals surface area (Å²) in [4.78, 5) is 70.5. The van der Waals surface area contributed by atoms with Crippen molar-refractivity contribution in [1.29, 1.82) is 0 Å². The lowest BCUT2D eigenvalue weighted by atomic mass is 9.70. The van der Waals surface area contributed by atoms with E-state index in [1.54, 1.807) is 4.90 Å². The van der Waals surface area contributed by atoms with Gasteiger partial charge in [-0.2, -0.15) is 0 Å². The monoisotopic (exact) mass is 688 g/mol. The van der Waals surface area contributed by atoms with Crippen LogP contribution in [0.1, 0.15) is 129 Å². The molecule has 0 aromatic carbocycles. The van der Waals surface area contributed by atoms with Gasteiger partial charge in [0.25, 0.3) is 5.91 Å². The second-order valence-corrected chi connectivity index (χ2v) is 18.8. The summed E-state index contributed by atoms with van der Waals surface area (Å²) in [5.74, 6) is -2.66. The van der Waals surface area contributed by atoms with Gasteiger partial charge in [-0.1, -0.05) is 71.6 Å². The molecule has 3 heterocycles. The standard InChI is InChI=1S/C37H56N2O8S/c1-36(2)28-23-39-31(30(28)36)29(41)21-24(32(42)33(43)38-26-14-15-26)12-8-5-3-4-6-9-13-25(34(39)44)20-27(40)22-37(16-10-7-11-17-37)35-47-18-19-48(35,45)46/h24-26,28,30-31,35H,3-23H2,1-2H3,(H,38,43)/t24-,25-,28+,30+,31-,35?/m1/s1. The van der Waals surface area contributed by atoms with Crippen LogP contribution in [-0.2, 0) is 38.5 Å². The number of piperidine rings is 1. The van der Waals surface area contributed by atoms with E-state index >= 15 is 0 Å². The van der Waals surface area contributed by atoms with Gasteiger partial charge in [0.1, 0.15) is 5.78 Å². The zero-order valence-electron chi connectivity index (χ0n) is 29.0. The fourth-order valence-electron chi connectivity index (χ4n) is 9.81. The number of ether oxygens (including phenoxy) is 1. The normalized spacial score (nSPS) is 35.1. The number of hydrogen-bond donors (Lipinski definition) is 1. The molecule has 11 heteroatoms. The minimum absolute atomic E-state index is 0.00717. The molecule has 0 aromatic rings. The number of ketones is 3. The van der Waals surface area contributed by atoms with Crippen LogP contribution in [0.15, 0.2) is 0 Å². The number of Topliss-reactive ketones (excluding diaryl/α,β-unsaturated/α-hetero) is 3. The number of hydrogen-bond acceptors (Lipinski definition) is 8. The fraction of sp³-hybridized carbons (Fsp3) is 0.865. The van der Waals surface area contributed by atoms with Crippen LogP contribution in [0.2, 0.25) is 0 Å². The first-order chi connectivity index (χ1) is 22.8. The number of carbonyl (C=O) groups excluding carboxylic acids is 5. The van der Waals surface area contributed by atoms with Crippen molar-refractivity contribution in [3.63, 3.8) is 0 Å². The van der Waals surface area contributed by atoms with Crippen LogP contribution in [0.4, 0.5) is 0 Å². The highest BCUT2D eigenvalue weighted by atomic mass is 32.2. The zero-order chi connectivity index (χ0) is 34.3. The van der Waals surface area contributed by atoms with E-state index in [9.17, 15) is 32.4 Å². The number of nitrogens with zero attached hydrogens (tertiary/aromatic N) is 1. The number of sulfone groups is 1. The first-order valence-electron chi connectivity index (χ1n) is 18.9. The van der Waals surface area contributed by atoms with Gasteiger partial charge >= 0.3 is 0 Å². The Morgan fingerprint density at radius 2 is 1.54 bits per heavy atom. The van der Waals surface area contributed by atoms with Gasteiger partial charge in [-0.25, -0.2) is 8.42 Å². The SMILES string of the molecule is CC1(C)[C@@H]2[C@H]3C(=O)C[C@H](C(=O)C(=O)NC4CC4)CCCCCCCC[C@H](CC(=O)CC4(C5OCCS5(=O)=O)CCCCC4)C(=O)N3C[C@@H]21. The molecular weight excluding hydrogens is 632 g/mol. The van der Waals surface area contributed by atoms with Crippen molar-refractivity contribution in [3.8, 4) is 0 Å². The molecule has 6 atom stereocenters. The number of rotatable bonds is 8. The Labute approximate surface area is 286 Å². The van der Waals surface area contributed by atoms with E-state index in [2.05, 4.69) is 19.2 Å². The molecule has 6 fully saturated rings. The summed E-state index contributed by atoms with van der Waals surface area (Å²) >= 11 is 0. The second-order valence-electron chi connectivity index (χ2n) is 16.7. The Morgan fingerprint density at radius 3 is 2.19 bits per heavy atom. The van der Waals surface area contributed by atoms with Crippen molar-refractivity contribution in [2.24, 2.45) is 34.5 Å². The van der Waals surface area contributed by atoms with Crippen molar-refractivity contribution in [2.75, 3.05) is 18.9 Å². The third-order valence-electron chi connectivity index (χ3n) is 12.8. The summed E-state index contributed by atoms with van der Waals surface area (Å²) in [6, 6.07) is -0.609. The maximum Gasteiger partial charge on any atom is 0.287 e. The second kappa shape index (κ2) is 14.2. The molecule has 0 aromatic heterocycles. The van der Waals surface area contributed by atoms with E-state index < -0.39 is 50.3 Å². The van der Waals surface area contributed by atoms with E-state index in [-0.39, 0.29) is 72.4 Å². The average Bonchev–Trinajstić information content (AvgIpc) is 3.82. The predicted molar refractivity (Wildman–Crippen MR) is 179 cm³/mol. The summed E-state index contributed by atoms with van der Waals surface area (Å²) in [6.07, 6.45) is 12.1. The van der Waals surface area contributed by atoms with Crippen LogP contribution in [0, 0.1) is 34.5 Å². The molecule has 3 aliphatic carbocycles. The van der Waals surface area contributed by atoms with E-state index in [0.29, 0.717) is 32.2 Å². The van der Waals surface area contributed by atoms with Gasteiger partial charge in [0.05, 0.1) is 18.4 Å². The molecular formula is C37H56N2O8S. The predicted octanol–water partition coefficient (Wildman–Crippen LogP) is 4.71. The van der Waals surface area contributed by atoms with Crippen LogP contribution in [0.5, 0.6) is 0 Å². The zero-order valence-corrected chi connectivity index (χ0v) is 29.8. The third-order valence-corrected chi connectivity index (χ3v) is 14.8. The Bertz CT molecular complexity index is 1380. The molecule has 10 nitrogen and oxygen atoms in total. The maximum absolute atomic E-state index is 14.5. The highest BCUT2D eigenvalue weighted by Crippen LogP contribution is 2.65. The summed E-state index contributed by atoms with van der Waals surface area (Å²) in [5, 5.41) is 2.80. The molecule has 0 radical (unpaired) electrons. The molecule has 0 spiro atoms. The summed E-state index contributed by atoms with van der Waals surface area (Å²) < 4.78 is 31.8. The molecule has 3 saturated heterocycles. The quantitative estimate of drug-likeness (QED) is 0.361. The molecule has 2 amide bonds. The number of amides is 2. The smallest absolute Gasteiger partial charge is 0.287 e. The van der Waals surface area contributed by atoms with Crippen molar-refractivity contribution < 1.29 is 37.1 Å². The van der Waals surface area contributed by atoms with E-state index in [4.69, 9.17) is 4.74 Å². The van der Waals surface area contributed by atoms with E-state index in [1.807, 2.05) is 0 Å². The fourth-order valence-corrected chi connectivity index (χ4v) is 11.7. The molecule has 1 N–H and O–H groups in total. The minimum atomic E-state index is -3.46. The van der Waals surface area contributed by atoms with E-state index in [1.165, 1.54) is 0 Å². The third kappa shape index (κ3) is 7.47. The largest absolute Gasteiger partial charge is 0.361 e. The molecule has 268 valence electrons. The number of fused-ring (bicyclic) bond motifs is 3. The molecule has 3 aliphatic heterocycles. The topological polar surface area (TPSA) is 144 Å². The van der Waals surface area contributed by atoms with Crippen LogP contribution in [-0.4, -0.2) is 78.9 Å². The molecule has 3 saturated carbocycles. The summed E-state index contributed by atoms with van der Waals surface area (Å²) in [6.45, 7) is 4.87. The lowest BCUT2D eigenvalue weighted by Gasteiger charge is -2.40. The Balaban J connectivity index is 1.21. The first-order valence-corrected chi connectivity index (χ1v) is 20.6. The molecule has 48 heavy (non-hydrogen) atoms. The van der Waals surface area contributed by atoms with Gasteiger partial charge in [0.15, 0.2) is 21.1 Å². The van der Waals surface area contributed by atoms with Gasteiger partial charge in [-0.3, -0.25) is 24.0 Å². The number of carbonyl (C=O) groups is 5. The van der Waals surface area contributed by atoms with Crippen molar-refractivity contribution in [1.82, 2.24) is 10.2 Å². The highest BCUT2D eigenvalue weighted by molar-refractivity contribution is 7.92. The molecule has 0 bridgehead atoms. The molecule has 6 rings (SSSR count). The van der Waals surface area contributed by atoms with Crippen LogP contribution in [0.25, 0.3) is 0 Å². The molecule has 1 unspecified atom stereocenters. The average molecular weight is 689 g/mol. The molecule has 6 aliphatic rings. The minimum Gasteiger partial charge on any atom is -0.361 e. The maximum atomic E-state index is 14.5. The first kappa shape index (κ1) is 35.7. The van der Waals surface area contributed by atoms with Gasteiger partial charge in [-0.05, 0) is 55.8 Å². The van der Waals surface area contributed by atoms with Crippen LogP contribution < -0.4 is 5.32 Å². The summed E-state index contributed by atoms with van der Waals surface area (Å²) in [7, 11) is -3.46. The van der Waals surface area contributed by atoms with Crippen molar-refractivity contribution >= 4 is 39.0 Å². The van der Waals surface area contributed by atoms with Crippen LogP contribution >= 0.6 is 0 Å². The highest BCUT2D eigenvalue weighted by Gasteiger charge is 2.69. The van der Waals surface area contributed by atoms with Gasteiger partial charge in [0.2, 0.25) is 11.7 Å². The number of nitrogens with one attached hydrogen (secondary N) is 1. The lowest BCUT2D eigenvalue weighted by Crippen LogP contribution is -2.49.